The van der Waals surface area contributed by atoms with E-state index >= 15 is 0 Å². The van der Waals surface area contributed by atoms with Gasteiger partial charge in [0.2, 0.25) is 11.6 Å². The molecule has 120 heavy (non-hydrogen) atoms. The highest BCUT2D eigenvalue weighted by atomic mass is 35.5. The van der Waals surface area contributed by atoms with Gasteiger partial charge in [0.15, 0.2) is 47.3 Å². The Morgan fingerprint density at radius 2 is 1.00 bits per heavy atom. The Hall–Kier alpha value is -12.4. The molecule has 0 bridgehead atoms. The fourth-order valence-electron chi connectivity index (χ4n) is 16.3. The van der Waals surface area contributed by atoms with E-state index in [9.17, 15) is 89.1 Å². The lowest BCUT2D eigenvalue weighted by atomic mass is 9.72. The lowest BCUT2D eigenvalue weighted by Crippen LogP contribution is -2.53. The van der Waals surface area contributed by atoms with E-state index < -0.39 is 178 Å². The molecule has 2 aliphatic heterocycles. The van der Waals surface area contributed by atoms with Crippen LogP contribution >= 0.6 is 11.6 Å². The number of aliphatic hydroxyl groups excluding tert-OH is 3. The van der Waals surface area contributed by atoms with Gasteiger partial charge in [0.1, 0.15) is 63.5 Å². The molecule has 0 saturated carbocycles. The number of halogens is 1. The van der Waals surface area contributed by atoms with Gasteiger partial charge in [-0.3, -0.25) is 38.4 Å². The quantitative estimate of drug-likeness (QED) is 0.0277. The van der Waals surface area contributed by atoms with Crippen LogP contribution in [0.2, 0.25) is 5.02 Å². The number of hydrogen-bond acceptors (Lipinski definition) is 30. The Morgan fingerprint density at radius 3 is 1.52 bits per heavy atom. The molecule has 2 saturated heterocycles. The fraction of sp³-hybridized carbons (Fsp3) is 0.270. The molecule has 5 aliphatic carbocycles. The van der Waals surface area contributed by atoms with Gasteiger partial charge in [0.25, 0.3) is 0 Å². The predicted molar refractivity (Wildman–Crippen MR) is 434 cm³/mol. The van der Waals surface area contributed by atoms with Crippen LogP contribution in [-0.2, 0) is 41.4 Å². The molecular weight excluding hydrogens is 1580 g/mol. The van der Waals surface area contributed by atoms with Crippen LogP contribution in [0.3, 0.4) is 0 Å². The molecule has 9 aromatic carbocycles. The largest absolute Gasteiger partial charge is 0.507 e. The third-order valence-electron chi connectivity index (χ3n) is 22.7. The summed E-state index contributed by atoms with van der Waals surface area (Å²) in [5.41, 5.74) is 19.6. The van der Waals surface area contributed by atoms with Gasteiger partial charge in [-0.1, -0.05) is 84.4 Å². The van der Waals surface area contributed by atoms with Crippen LogP contribution in [0.1, 0.15) is 165 Å². The number of rotatable bonds is 9. The van der Waals surface area contributed by atoms with Crippen molar-refractivity contribution in [2.75, 3.05) is 32.3 Å². The topological polar surface area (TPSA) is 521 Å². The van der Waals surface area contributed by atoms with Gasteiger partial charge in [-0.2, -0.15) is 0 Å². The molecule has 0 radical (unpaired) electrons. The summed E-state index contributed by atoms with van der Waals surface area (Å²) in [6.07, 6.45) is -5.57. The number of phenolic OH excluding ortho intramolecular Hbond substituents is 4. The minimum Gasteiger partial charge on any atom is -0.507 e. The molecule has 2 fully saturated rings. The Bertz CT molecular complexity index is 6150. The van der Waals surface area contributed by atoms with Gasteiger partial charge in [-0.05, 0) is 97.6 Å². The van der Waals surface area contributed by atoms with Gasteiger partial charge >= 0.3 is 5.63 Å². The van der Waals surface area contributed by atoms with Crippen molar-refractivity contribution in [2.45, 2.75) is 132 Å². The smallest absolute Gasteiger partial charge is 0.336 e. The first kappa shape index (κ1) is 84.1. The molecule has 17 N–H and O–H groups in total. The van der Waals surface area contributed by atoms with E-state index in [-0.39, 0.29) is 92.5 Å². The number of benzene rings is 9. The molecule has 0 spiro atoms. The first-order chi connectivity index (χ1) is 57.1. The average Bonchev–Trinajstić information content (AvgIpc) is 0.721. The zero-order chi connectivity index (χ0) is 86.2. The van der Waals surface area contributed by atoms with Gasteiger partial charge in [0.05, 0.1) is 101 Å². The number of nitrogens with two attached hydrogens (primary N) is 4. The second-order valence-electron chi connectivity index (χ2n) is 30.1. The van der Waals surface area contributed by atoms with Crippen molar-refractivity contribution in [1.82, 2.24) is 0 Å². The molecular formula is C89H81ClN4O26. The van der Waals surface area contributed by atoms with E-state index in [0.717, 1.165) is 27.4 Å². The van der Waals surface area contributed by atoms with Gasteiger partial charge < -0.3 is 106 Å². The van der Waals surface area contributed by atoms with Crippen molar-refractivity contribution < 1.29 is 122 Å². The number of methoxy groups -OCH3 is 2. The van der Waals surface area contributed by atoms with Crippen molar-refractivity contribution in [3.05, 3.63) is 245 Å². The summed E-state index contributed by atoms with van der Waals surface area (Å²) >= 11 is 5.75. The van der Waals surface area contributed by atoms with Crippen molar-refractivity contribution in [3.8, 4) is 34.5 Å². The van der Waals surface area contributed by atoms with E-state index in [1.807, 2.05) is 24.3 Å². The van der Waals surface area contributed by atoms with Crippen molar-refractivity contribution >= 4 is 113 Å². The summed E-state index contributed by atoms with van der Waals surface area (Å²) in [5, 5.41) is 105. The standard InChI is InChI=1S/C27H29NO11.C27H29NO10.C14H11N.C11H6O3.C10H6ClNO2/c1-10-22(31)13(28)6-17(38-10)39-15-8-27(36,16(30)9-29)7-12-19(15)26(35)21-20(24(12)33)23(32)11-4-3-5-14(37-2)18(11)25(21)34;1-10-22(30)14(28)7-17(37-10)38-16-9-27(35,11(2)29)8-13-19(16)26(34)21-20(24(13)32)23(31)12-5-4-6-15(36-3)18(12)25(21)33;15-14-7-3-6-12-11-5-2-1-4-10(11)8-9-13(12)14;12-11-2-1-7-5-8-3-4-13-9(8)6-10(7)14-11;11-7-3-5-6(4-8(7)12)10(14)2-1-9(5)13/h3-5,10,13,15,17,22,29,31,33,35-36H,6-9,28H2,1-2H3;4-6,10,14,16-17,22,30,32,34-35H,7-9,28H2,1-3H3;1-9H,15H2;1-6H;1-4H,12H2/t10-,13-,15-,17-,22+,27-;10-,14-,16-,17-,22+,27-;;;/m00.../s1. The summed E-state index contributed by atoms with van der Waals surface area (Å²) in [6.45, 7) is 3.35. The number of aliphatic hydroxyl groups is 5. The molecule has 0 unspecified atom stereocenters. The number of carbonyl (C=O) groups is 8. The summed E-state index contributed by atoms with van der Waals surface area (Å²) in [7, 11) is 2.66. The average molecular weight is 1660 g/mol. The van der Waals surface area contributed by atoms with Gasteiger partial charge in [-0.15, -0.1) is 0 Å². The number of phenols is 4. The maximum absolute atomic E-state index is 13.6. The van der Waals surface area contributed by atoms with Crippen molar-refractivity contribution in [2.24, 2.45) is 11.5 Å². The number of ketones is 8. The minimum atomic E-state index is -2.24. The fourth-order valence-corrected chi connectivity index (χ4v) is 16.5. The van der Waals surface area contributed by atoms with E-state index in [0.29, 0.717) is 27.4 Å². The highest BCUT2D eigenvalue weighted by Crippen LogP contribution is 2.55. The summed E-state index contributed by atoms with van der Waals surface area (Å²) < 4.78 is 44.3. The zero-order valence-corrected chi connectivity index (χ0v) is 65.6. The summed E-state index contributed by atoms with van der Waals surface area (Å²) in [5.74, 6) is -7.39. The van der Waals surface area contributed by atoms with E-state index in [1.54, 1.807) is 32.2 Å². The van der Waals surface area contributed by atoms with Gasteiger partial charge in [-0.25, -0.2) is 4.79 Å². The number of ether oxygens (including phenoxy) is 6. The molecule has 11 aromatic rings. The maximum Gasteiger partial charge on any atom is 0.336 e. The molecule has 12 atom stereocenters. The first-order valence-corrected chi connectivity index (χ1v) is 38.2. The number of fused-ring (bicyclic) bond motifs is 12. The maximum atomic E-state index is 13.6. The molecule has 0 amide bonds. The second kappa shape index (κ2) is 33.1. The highest BCUT2D eigenvalue weighted by Gasteiger charge is 2.53. The number of nitrogen functional groups attached to an aromatic ring is 2. The third-order valence-corrected chi connectivity index (χ3v) is 23.0. The van der Waals surface area contributed by atoms with E-state index in [4.69, 9.17) is 71.8 Å². The number of anilines is 2. The Morgan fingerprint density at radius 1 is 0.517 bits per heavy atom. The first-order valence-electron chi connectivity index (χ1n) is 37.9. The van der Waals surface area contributed by atoms with Crippen LogP contribution < -0.4 is 38.0 Å². The highest BCUT2D eigenvalue weighted by molar-refractivity contribution is 6.35. The van der Waals surface area contributed by atoms with Gasteiger partial charge in [0, 0.05) is 129 Å². The summed E-state index contributed by atoms with van der Waals surface area (Å²) in [4.78, 5) is 113. The number of aromatic hydroxyl groups is 4. The van der Waals surface area contributed by atoms with Crippen LogP contribution in [0.15, 0.2) is 166 Å². The number of Topliss-reactive ketones (excluding diaryl/α,β-unsaturated/α-hetero) is 2. The normalized spacial score (nSPS) is 23.6. The third kappa shape index (κ3) is 15.2. The molecule has 7 aliphatic rings. The Labute approximate surface area is 686 Å². The number of furan rings is 1. The second-order valence-corrected chi connectivity index (χ2v) is 30.5. The lowest BCUT2D eigenvalue weighted by molar-refractivity contribution is -0.247. The van der Waals surface area contributed by atoms with Crippen LogP contribution in [-0.4, -0.2) is 173 Å². The Kier molecular flexibility index (Phi) is 23.2. The molecule has 2 aromatic heterocycles. The Balaban J connectivity index is 0.000000133. The predicted octanol–water partition coefficient (Wildman–Crippen LogP) is 9.00. The zero-order valence-electron chi connectivity index (χ0n) is 64.8. The minimum absolute atomic E-state index is 0.0147. The monoisotopic (exact) mass is 1660 g/mol. The van der Waals surface area contributed by atoms with Crippen molar-refractivity contribution in [1.29, 1.82) is 0 Å². The van der Waals surface area contributed by atoms with E-state index in [2.05, 4.69) is 42.5 Å². The molecule has 620 valence electrons. The molecule has 4 heterocycles. The van der Waals surface area contributed by atoms with Crippen molar-refractivity contribution in [3.63, 3.8) is 0 Å². The van der Waals surface area contributed by atoms with E-state index in [1.165, 1.54) is 104 Å². The molecule has 30 nitrogen and oxygen atoms in total. The molecule has 18 rings (SSSR count). The number of allylic oxidation sites excluding steroid dienone is 2. The lowest BCUT2D eigenvalue weighted by Gasteiger charge is -2.42. The summed E-state index contributed by atoms with van der Waals surface area (Å²) in [6, 6.07) is 37.6. The van der Waals surface area contributed by atoms with Crippen LogP contribution in [0.4, 0.5) is 11.4 Å². The SMILES string of the molecule is COc1cccc2c1C(=O)c1c(O)c3c(c(O)c1C2=O)C[C@@](O)(C(=O)CO)C[C@@H]3O[C@H]1C[C@H](N)[C@H](O)[C@H](C)O1.COc1cccc2c1C(=O)c1c(O)c3c(c(O)c1C2=O)C[C@@](O)(C(C)=O)C[C@@H]3O[C@H]1C[C@H](N)[C@H](O)[C@H](C)O1.Nc1cc2c(cc1Cl)C(=O)C=CC2=O.Nc1cccc2c1ccc1ccccc12.O=c1ccc2cc3ccoc3cc2o1. The molecule has 31 heteroatoms. The number of hydrogen-bond donors (Lipinski definition) is 13. The van der Waals surface area contributed by atoms with Crippen LogP contribution in [0.25, 0.3) is 43.5 Å². The van der Waals surface area contributed by atoms with Crippen LogP contribution in [0, 0.1) is 0 Å². The van der Waals surface area contributed by atoms with Crippen LogP contribution in [0.5, 0.6) is 34.5 Å². The number of carbonyl (C=O) groups excluding carboxylic acids is 8.